The number of hydrogen-bond acceptors (Lipinski definition) is 9. The van der Waals surface area contributed by atoms with E-state index >= 15 is 0 Å². The van der Waals surface area contributed by atoms with Gasteiger partial charge >= 0.3 is 4.87 Å². The quantitative estimate of drug-likeness (QED) is 0.211. The highest BCUT2D eigenvalue weighted by molar-refractivity contribution is 9.10. The van der Waals surface area contributed by atoms with Gasteiger partial charge in [-0.1, -0.05) is 43.2 Å². The zero-order chi connectivity index (χ0) is 34.4. The summed E-state index contributed by atoms with van der Waals surface area (Å²) in [6, 6.07) is 18.2. The Labute approximate surface area is 305 Å². The number of aromatic nitrogens is 1. The summed E-state index contributed by atoms with van der Waals surface area (Å²) in [7, 11) is -3.87. The number of nitrogens with two attached hydrogens (primary N) is 1. The summed E-state index contributed by atoms with van der Waals surface area (Å²) in [5, 5.41) is 8.61. The molecule has 1 saturated heterocycles. The lowest BCUT2D eigenvalue weighted by molar-refractivity contribution is -0.123. The van der Waals surface area contributed by atoms with Crippen LogP contribution in [0, 0.1) is 29.6 Å². The van der Waals surface area contributed by atoms with Crippen molar-refractivity contribution in [3.8, 4) is 5.75 Å². The molecule has 1 aromatic heterocycles. The minimum atomic E-state index is -3.87. The number of halogens is 2. The molecule has 3 aromatic carbocycles. The van der Waals surface area contributed by atoms with Crippen molar-refractivity contribution in [1.82, 2.24) is 4.98 Å². The molecule has 16 heteroatoms. The third-order valence-corrected chi connectivity index (χ3v) is 14.5. The number of nitrogens with one attached hydrogen (secondary N) is 2. The summed E-state index contributed by atoms with van der Waals surface area (Å²) < 4.78 is 30.9. The first-order valence-corrected chi connectivity index (χ1v) is 20.1. The van der Waals surface area contributed by atoms with Gasteiger partial charge in [-0.05, 0) is 90.9 Å². The summed E-state index contributed by atoms with van der Waals surface area (Å²) in [5.74, 6) is -1.80. The van der Waals surface area contributed by atoms with E-state index in [2.05, 4.69) is 42.2 Å². The van der Waals surface area contributed by atoms with Gasteiger partial charge in [-0.3, -0.25) is 24.1 Å². The number of imide groups is 1. The number of thiazole rings is 1. The van der Waals surface area contributed by atoms with Crippen LogP contribution in [-0.4, -0.2) is 43.0 Å². The van der Waals surface area contributed by atoms with Gasteiger partial charge in [0.2, 0.25) is 21.8 Å². The average Bonchev–Trinajstić information content (AvgIpc) is 3.79. The number of H-pyrrole nitrogens is 1. The standard InChI is InChI=1S/C33H26Br2N4O7S3/c34-14-1-6-17(7-2-14)39-31(41)26-20-12-21(27(26)32(39)42)28-25(20)24(29-30(47-28)38-33(43)48-29)19-11-15(35)3-10-22(19)46-13-23(40)37-16-4-8-18(9-5-16)49(36,44)45/h1-11,20-21,24-28H,12-13H2,(H,37,40)(H,38,43)(H2,36,44,45)/t20-,21-,24-,25?,26?,27?,28?/m1/s1. The minimum absolute atomic E-state index is 0.0222. The molecule has 8 rings (SSSR count). The van der Waals surface area contributed by atoms with E-state index < -0.39 is 27.8 Å². The van der Waals surface area contributed by atoms with Gasteiger partial charge in [-0.15, -0.1) is 11.8 Å². The Morgan fingerprint density at radius 2 is 1.63 bits per heavy atom. The second kappa shape index (κ2) is 12.2. The van der Waals surface area contributed by atoms with Gasteiger partial charge in [0.1, 0.15) is 5.75 Å². The van der Waals surface area contributed by atoms with Crippen molar-refractivity contribution in [2.75, 3.05) is 16.8 Å². The van der Waals surface area contributed by atoms with Crippen molar-refractivity contribution < 1.29 is 27.5 Å². The fourth-order valence-corrected chi connectivity index (χ4v) is 12.2. The molecule has 4 aliphatic rings. The number of ether oxygens (including phenoxy) is 1. The highest BCUT2D eigenvalue weighted by atomic mass is 79.9. The Kier molecular flexibility index (Phi) is 8.19. The molecule has 252 valence electrons. The molecule has 4 N–H and O–H groups in total. The summed E-state index contributed by atoms with van der Waals surface area (Å²) in [6.07, 6.45) is 0.732. The summed E-state index contributed by atoms with van der Waals surface area (Å²) >= 11 is 9.76. The van der Waals surface area contributed by atoms with E-state index in [9.17, 15) is 27.6 Å². The van der Waals surface area contributed by atoms with Gasteiger partial charge in [0.25, 0.3) is 5.91 Å². The van der Waals surface area contributed by atoms with Crippen LogP contribution in [-0.2, 0) is 24.4 Å². The highest BCUT2D eigenvalue weighted by Crippen LogP contribution is 2.69. The Morgan fingerprint density at radius 1 is 0.959 bits per heavy atom. The zero-order valence-corrected chi connectivity index (χ0v) is 30.8. The SMILES string of the molecule is NS(=O)(=O)c1ccc(NC(=O)COc2ccc(Br)cc2[C@H]2c3sc(=O)[nH]c3SC3C2[C@H]2C[C@@H]3C3C(=O)N(c4ccc(Br)cc4)C(=O)C32)cc1. The van der Waals surface area contributed by atoms with E-state index in [1.165, 1.54) is 29.2 Å². The topological polar surface area (TPSA) is 169 Å². The number of carbonyl (C=O) groups is 3. The fraction of sp³-hybridized carbons (Fsp3) is 0.273. The maximum absolute atomic E-state index is 14.1. The molecule has 0 spiro atoms. The number of aromatic amines is 1. The van der Waals surface area contributed by atoms with E-state index in [0.717, 1.165) is 42.2 Å². The smallest absolute Gasteiger partial charge is 0.305 e. The molecule has 0 radical (unpaired) electrons. The van der Waals surface area contributed by atoms with Gasteiger partial charge in [0, 0.05) is 36.2 Å². The Hall–Kier alpha value is -3.28. The van der Waals surface area contributed by atoms with E-state index in [0.29, 0.717) is 17.1 Å². The number of rotatable bonds is 7. The van der Waals surface area contributed by atoms with Crippen molar-refractivity contribution in [3.05, 3.63) is 95.8 Å². The summed E-state index contributed by atoms with van der Waals surface area (Å²) in [5.41, 5.74) is 1.71. The van der Waals surface area contributed by atoms with Crippen LogP contribution < -0.4 is 25.0 Å². The van der Waals surface area contributed by atoms with E-state index in [4.69, 9.17) is 9.88 Å². The van der Waals surface area contributed by atoms with Crippen LogP contribution >= 0.6 is 55.0 Å². The van der Waals surface area contributed by atoms with Gasteiger partial charge in [-0.2, -0.15) is 0 Å². The van der Waals surface area contributed by atoms with Crippen LogP contribution in [0.25, 0.3) is 0 Å². The first kappa shape index (κ1) is 32.9. The lowest BCUT2D eigenvalue weighted by Gasteiger charge is -2.43. The second-order valence-corrected chi connectivity index (χ2v) is 18.1. The third kappa shape index (κ3) is 5.60. The maximum Gasteiger partial charge on any atom is 0.305 e. The molecule has 4 unspecified atom stereocenters. The Bertz CT molecular complexity index is 2210. The number of anilines is 2. The second-order valence-electron chi connectivity index (χ2n) is 12.5. The molecular weight excluding hydrogens is 820 g/mol. The number of benzene rings is 3. The molecule has 3 fully saturated rings. The van der Waals surface area contributed by atoms with Crippen molar-refractivity contribution in [3.63, 3.8) is 0 Å². The highest BCUT2D eigenvalue weighted by Gasteiger charge is 2.69. The Balaban J connectivity index is 1.11. The number of nitrogens with zero attached hydrogens (tertiary/aromatic N) is 1. The first-order chi connectivity index (χ1) is 23.4. The largest absolute Gasteiger partial charge is 0.483 e. The molecule has 7 atom stereocenters. The molecule has 11 nitrogen and oxygen atoms in total. The van der Waals surface area contributed by atoms with Gasteiger partial charge < -0.3 is 15.0 Å². The van der Waals surface area contributed by atoms with Crippen molar-refractivity contribution in [1.29, 1.82) is 0 Å². The van der Waals surface area contributed by atoms with Gasteiger partial charge in [0.15, 0.2) is 6.61 Å². The normalized spacial score (nSPS) is 26.8. The molecule has 2 saturated carbocycles. The van der Waals surface area contributed by atoms with Crippen LogP contribution in [0.3, 0.4) is 0 Å². The Morgan fingerprint density at radius 3 is 2.33 bits per heavy atom. The van der Waals surface area contributed by atoms with Crippen molar-refractivity contribution >= 4 is 94.1 Å². The van der Waals surface area contributed by atoms with Crippen molar-refractivity contribution in [2.24, 2.45) is 34.7 Å². The molecule has 2 aliphatic carbocycles. The summed E-state index contributed by atoms with van der Waals surface area (Å²) in [4.78, 5) is 58.7. The number of fused-ring (bicyclic) bond motifs is 9. The number of hydrogen-bond donors (Lipinski definition) is 3. The molecule has 3 heterocycles. The number of thioether (sulfide) groups is 1. The van der Waals surface area contributed by atoms with Crippen LogP contribution in [0.2, 0.25) is 0 Å². The van der Waals surface area contributed by atoms with Crippen LogP contribution in [0.1, 0.15) is 22.8 Å². The van der Waals surface area contributed by atoms with Crippen molar-refractivity contribution in [2.45, 2.75) is 27.5 Å². The number of sulfonamides is 1. The van der Waals surface area contributed by atoms with Gasteiger partial charge in [-0.25, -0.2) is 13.6 Å². The summed E-state index contributed by atoms with van der Waals surface area (Å²) in [6.45, 7) is -0.344. The first-order valence-electron chi connectivity index (χ1n) is 15.3. The third-order valence-electron chi connectivity index (χ3n) is 9.94. The lowest BCUT2D eigenvalue weighted by Crippen LogP contribution is -2.42. The van der Waals surface area contributed by atoms with Crippen LogP contribution in [0.4, 0.5) is 11.4 Å². The number of amides is 3. The van der Waals surface area contributed by atoms with Crippen LogP contribution in [0.5, 0.6) is 5.75 Å². The zero-order valence-electron chi connectivity index (χ0n) is 25.2. The molecule has 2 aliphatic heterocycles. The molecule has 49 heavy (non-hydrogen) atoms. The van der Waals surface area contributed by atoms with E-state index in [1.807, 2.05) is 24.3 Å². The fourth-order valence-electron chi connectivity index (χ4n) is 8.17. The van der Waals surface area contributed by atoms with E-state index in [1.54, 1.807) is 30.0 Å². The maximum atomic E-state index is 14.1. The van der Waals surface area contributed by atoms with Crippen LogP contribution in [0.15, 0.2) is 90.4 Å². The lowest BCUT2D eigenvalue weighted by atomic mass is 9.68. The average molecular weight is 847 g/mol. The molecule has 2 bridgehead atoms. The number of carbonyl (C=O) groups excluding carboxylic acids is 3. The number of primary sulfonamides is 1. The minimum Gasteiger partial charge on any atom is -0.483 e. The predicted molar refractivity (Wildman–Crippen MR) is 191 cm³/mol. The molecule has 4 aromatic rings. The monoisotopic (exact) mass is 844 g/mol. The van der Waals surface area contributed by atoms with E-state index in [-0.39, 0.29) is 57.1 Å². The van der Waals surface area contributed by atoms with Gasteiger partial charge in [0.05, 0.1) is 27.4 Å². The molecule has 3 amide bonds. The predicted octanol–water partition coefficient (Wildman–Crippen LogP) is 5.30. The molecular formula is C33H26Br2N4O7S3.